The lowest BCUT2D eigenvalue weighted by Gasteiger charge is -2.13. The van der Waals surface area contributed by atoms with Crippen molar-refractivity contribution in [2.45, 2.75) is 44.4 Å². The van der Waals surface area contributed by atoms with Crippen LogP contribution in [0.25, 0.3) is 0 Å². The Bertz CT molecular complexity index is 1060. The second kappa shape index (κ2) is 9.30. The molecular formula is C22H27N3O4S. The van der Waals surface area contributed by atoms with Crippen molar-refractivity contribution in [2.75, 3.05) is 18.5 Å². The summed E-state index contributed by atoms with van der Waals surface area (Å²) in [7, 11) is -3.74. The van der Waals surface area contributed by atoms with Crippen LogP contribution in [0.4, 0.5) is 5.69 Å². The molecule has 160 valence electrons. The topological polar surface area (TPSA) is 96.9 Å². The van der Waals surface area contributed by atoms with Crippen molar-refractivity contribution in [3.05, 3.63) is 53.6 Å². The highest BCUT2D eigenvalue weighted by molar-refractivity contribution is 7.90. The molecule has 1 aliphatic heterocycles. The number of hydrogen-bond donors (Lipinski definition) is 2. The average Bonchev–Trinajstić information content (AvgIpc) is 3.19. The molecule has 0 saturated carbocycles. The molecule has 0 fully saturated rings. The second-order valence-corrected chi connectivity index (χ2v) is 9.26. The quantitative estimate of drug-likeness (QED) is 0.703. The average molecular weight is 430 g/mol. The molecule has 0 spiro atoms. The van der Waals surface area contributed by atoms with Gasteiger partial charge in [0, 0.05) is 18.7 Å². The van der Waals surface area contributed by atoms with E-state index in [-0.39, 0.29) is 17.4 Å². The van der Waals surface area contributed by atoms with Crippen LogP contribution in [0.1, 0.15) is 43.7 Å². The first-order valence-electron chi connectivity index (χ1n) is 9.94. The van der Waals surface area contributed by atoms with Crippen LogP contribution in [0.3, 0.4) is 0 Å². The second-order valence-electron chi connectivity index (χ2n) is 7.58. The Balaban J connectivity index is 1.63. The summed E-state index contributed by atoms with van der Waals surface area (Å²) in [4.78, 5) is 16.5. The number of nitrogens with zero attached hydrogens (tertiary/aromatic N) is 1. The SMILES string of the molecule is Cc1ccc(C(C)C)cc1OCC(=O)Nc1cccc(S(=O)(=O)NC2=NCCC2)c1. The number of nitrogens with one attached hydrogen (secondary N) is 2. The van der Waals surface area contributed by atoms with Gasteiger partial charge in [0.2, 0.25) is 0 Å². The highest BCUT2D eigenvalue weighted by atomic mass is 32.2. The van der Waals surface area contributed by atoms with Crippen LogP contribution < -0.4 is 14.8 Å². The maximum absolute atomic E-state index is 12.5. The van der Waals surface area contributed by atoms with E-state index in [0.29, 0.717) is 36.2 Å². The molecule has 0 aliphatic carbocycles. The van der Waals surface area contributed by atoms with Crippen molar-refractivity contribution in [1.82, 2.24) is 4.72 Å². The lowest BCUT2D eigenvalue weighted by Crippen LogP contribution is -2.29. The minimum Gasteiger partial charge on any atom is -0.483 e. The Morgan fingerprint density at radius 3 is 2.70 bits per heavy atom. The van der Waals surface area contributed by atoms with Crippen LogP contribution in [-0.4, -0.2) is 33.3 Å². The van der Waals surface area contributed by atoms with E-state index >= 15 is 0 Å². The van der Waals surface area contributed by atoms with Crippen LogP contribution in [0.2, 0.25) is 0 Å². The summed E-state index contributed by atoms with van der Waals surface area (Å²) in [5.74, 6) is 1.12. The number of amides is 1. The van der Waals surface area contributed by atoms with Gasteiger partial charge in [0.05, 0.1) is 4.90 Å². The van der Waals surface area contributed by atoms with E-state index in [2.05, 4.69) is 28.9 Å². The Morgan fingerprint density at radius 1 is 1.20 bits per heavy atom. The zero-order valence-corrected chi connectivity index (χ0v) is 18.3. The Hall–Kier alpha value is -2.87. The maximum atomic E-state index is 12.5. The first-order valence-corrected chi connectivity index (χ1v) is 11.4. The van der Waals surface area contributed by atoms with Gasteiger partial charge in [-0.05, 0) is 54.7 Å². The molecule has 0 atom stereocenters. The predicted molar refractivity (Wildman–Crippen MR) is 118 cm³/mol. The summed E-state index contributed by atoms with van der Waals surface area (Å²) in [6.45, 7) is 6.57. The number of carbonyl (C=O) groups excluding carboxylic acids is 1. The summed E-state index contributed by atoms with van der Waals surface area (Å²) in [5, 5.41) is 2.69. The molecule has 0 saturated heterocycles. The molecule has 7 nitrogen and oxygen atoms in total. The molecule has 1 heterocycles. The fourth-order valence-corrected chi connectivity index (χ4v) is 4.18. The van der Waals surface area contributed by atoms with Gasteiger partial charge in [-0.1, -0.05) is 32.0 Å². The molecule has 2 N–H and O–H groups in total. The van der Waals surface area contributed by atoms with E-state index in [0.717, 1.165) is 17.5 Å². The Labute approximate surface area is 177 Å². The maximum Gasteiger partial charge on any atom is 0.262 e. The summed E-state index contributed by atoms with van der Waals surface area (Å²) in [6, 6.07) is 12.1. The molecule has 0 aromatic heterocycles. The number of ether oxygens (including phenoxy) is 1. The number of aryl methyl sites for hydroxylation is 1. The number of carbonyl (C=O) groups is 1. The molecule has 30 heavy (non-hydrogen) atoms. The van der Waals surface area contributed by atoms with Gasteiger partial charge in [0.1, 0.15) is 11.6 Å². The standard InChI is InChI=1S/C22H27N3O4S/c1-15(2)17-10-9-16(3)20(12-17)29-14-22(26)24-18-6-4-7-19(13-18)30(27,28)25-21-8-5-11-23-21/h4,6-7,9-10,12-13,15H,5,8,11,14H2,1-3H3,(H,23,25)(H,24,26). The van der Waals surface area contributed by atoms with Gasteiger partial charge in [0.25, 0.3) is 15.9 Å². The predicted octanol–water partition coefficient (Wildman–Crippen LogP) is 3.61. The van der Waals surface area contributed by atoms with Crippen molar-refractivity contribution in [1.29, 1.82) is 0 Å². The fourth-order valence-electron chi connectivity index (χ4n) is 3.05. The van der Waals surface area contributed by atoms with Crippen LogP contribution >= 0.6 is 0 Å². The molecule has 0 bridgehead atoms. The van der Waals surface area contributed by atoms with E-state index in [1.807, 2.05) is 25.1 Å². The van der Waals surface area contributed by atoms with Gasteiger partial charge in [0.15, 0.2) is 6.61 Å². The summed E-state index contributed by atoms with van der Waals surface area (Å²) >= 11 is 0. The van der Waals surface area contributed by atoms with Gasteiger partial charge in [-0.15, -0.1) is 0 Å². The number of amidine groups is 1. The fraction of sp³-hybridized carbons (Fsp3) is 0.364. The van der Waals surface area contributed by atoms with Gasteiger partial charge in [-0.3, -0.25) is 14.5 Å². The van der Waals surface area contributed by atoms with Crippen molar-refractivity contribution >= 4 is 27.5 Å². The normalized spacial score (nSPS) is 13.8. The number of sulfonamides is 1. The van der Waals surface area contributed by atoms with E-state index in [4.69, 9.17) is 4.74 Å². The first kappa shape index (κ1) is 21.8. The molecule has 2 aromatic rings. The molecule has 0 radical (unpaired) electrons. The minimum atomic E-state index is -3.74. The first-order chi connectivity index (χ1) is 14.2. The summed E-state index contributed by atoms with van der Waals surface area (Å²) in [5.41, 5.74) is 2.46. The van der Waals surface area contributed by atoms with Gasteiger partial charge in [-0.25, -0.2) is 8.42 Å². The largest absolute Gasteiger partial charge is 0.483 e. The van der Waals surface area contributed by atoms with Crippen molar-refractivity contribution in [3.63, 3.8) is 0 Å². The van der Waals surface area contributed by atoms with E-state index in [1.54, 1.807) is 12.1 Å². The van der Waals surface area contributed by atoms with Gasteiger partial charge in [-0.2, -0.15) is 0 Å². The molecular weight excluding hydrogens is 402 g/mol. The third-order valence-corrected chi connectivity index (χ3v) is 6.17. The van der Waals surface area contributed by atoms with Gasteiger partial charge < -0.3 is 10.1 Å². The zero-order chi connectivity index (χ0) is 21.7. The summed E-state index contributed by atoms with van der Waals surface area (Å²) in [6.07, 6.45) is 1.46. The number of aliphatic imine (C=N–C) groups is 1. The van der Waals surface area contributed by atoms with Crippen LogP contribution in [0.5, 0.6) is 5.75 Å². The van der Waals surface area contributed by atoms with Crippen LogP contribution in [-0.2, 0) is 14.8 Å². The lowest BCUT2D eigenvalue weighted by molar-refractivity contribution is -0.118. The number of rotatable bonds is 7. The smallest absolute Gasteiger partial charge is 0.262 e. The van der Waals surface area contributed by atoms with Crippen molar-refractivity contribution in [2.24, 2.45) is 4.99 Å². The van der Waals surface area contributed by atoms with E-state index < -0.39 is 10.0 Å². The number of hydrogen-bond acceptors (Lipinski definition) is 5. The lowest BCUT2D eigenvalue weighted by atomic mass is 10.0. The van der Waals surface area contributed by atoms with E-state index in [9.17, 15) is 13.2 Å². The van der Waals surface area contributed by atoms with Crippen molar-refractivity contribution < 1.29 is 17.9 Å². The minimum absolute atomic E-state index is 0.0660. The zero-order valence-electron chi connectivity index (χ0n) is 17.4. The number of anilines is 1. The highest BCUT2D eigenvalue weighted by Gasteiger charge is 2.19. The monoisotopic (exact) mass is 429 g/mol. The molecule has 3 rings (SSSR count). The third-order valence-electron chi connectivity index (χ3n) is 4.79. The summed E-state index contributed by atoms with van der Waals surface area (Å²) < 4.78 is 33.3. The van der Waals surface area contributed by atoms with E-state index in [1.165, 1.54) is 12.1 Å². The van der Waals surface area contributed by atoms with Crippen LogP contribution in [0.15, 0.2) is 52.4 Å². The molecule has 2 aromatic carbocycles. The molecule has 1 amide bonds. The number of benzene rings is 2. The molecule has 1 aliphatic rings. The Morgan fingerprint density at radius 2 is 2.00 bits per heavy atom. The highest BCUT2D eigenvalue weighted by Crippen LogP contribution is 2.24. The molecule has 8 heteroatoms. The van der Waals surface area contributed by atoms with Gasteiger partial charge >= 0.3 is 0 Å². The van der Waals surface area contributed by atoms with Crippen molar-refractivity contribution in [3.8, 4) is 5.75 Å². The Kier molecular flexibility index (Phi) is 6.77. The van der Waals surface area contributed by atoms with Crippen LogP contribution in [0, 0.1) is 6.92 Å². The third kappa shape index (κ3) is 5.60. The molecule has 0 unspecified atom stereocenters.